The lowest BCUT2D eigenvalue weighted by Crippen LogP contribution is -2.04. The Morgan fingerprint density at radius 2 is 1.95 bits per heavy atom. The highest BCUT2D eigenvalue weighted by atomic mass is 15.1. The first kappa shape index (κ1) is 13.8. The van der Waals surface area contributed by atoms with Gasteiger partial charge in [-0.05, 0) is 37.8 Å². The van der Waals surface area contributed by atoms with E-state index in [1.807, 2.05) is 0 Å². The molecule has 0 amide bonds. The van der Waals surface area contributed by atoms with Crippen LogP contribution >= 0.6 is 0 Å². The van der Waals surface area contributed by atoms with Gasteiger partial charge >= 0.3 is 0 Å². The largest absolute Gasteiger partial charge is 0.330 e. The third-order valence-corrected chi connectivity index (χ3v) is 3.83. The minimum absolute atomic E-state index is 0.610. The molecule has 3 heteroatoms. The van der Waals surface area contributed by atoms with Crippen molar-refractivity contribution in [1.29, 1.82) is 0 Å². The van der Waals surface area contributed by atoms with Crippen LogP contribution in [0, 0.1) is 6.92 Å². The molecule has 3 nitrogen and oxygen atoms in total. The summed E-state index contributed by atoms with van der Waals surface area (Å²) in [6.45, 7) is 7.18. The number of nitrogens with two attached hydrogens (primary N) is 1. The second-order valence-corrected chi connectivity index (χ2v) is 5.15. The van der Waals surface area contributed by atoms with Gasteiger partial charge in [0.05, 0.1) is 5.69 Å². The van der Waals surface area contributed by atoms with Gasteiger partial charge in [-0.3, -0.25) is 5.10 Å². The fourth-order valence-electron chi connectivity index (χ4n) is 2.35. The van der Waals surface area contributed by atoms with Crippen molar-refractivity contribution in [3.63, 3.8) is 0 Å². The fourth-order valence-corrected chi connectivity index (χ4v) is 2.35. The molecule has 102 valence electrons. The molecule has 2 rings (SSSR count). The lowest BCUT2D eigenvalue weighted by atomic mass is 9.96. The van der Waals surface area contributed by atoms with E-state index in [9.17, 15) is 0 Å². The van der Waals surface area contributed by atoms with E-state index in [1.165, 1.54) is 23.1 Å². The molecule has 0 fully saturated rings. The number of rotatable bonds is 5. The van der Waals surface area contributed by atoms with E-state index >= 15 is 0 Å². The van der Waals surface area contributed by atoms with Crippen LogP contribution in [0.25, 0.3) is 11.3 Å². The zero-order valence-electron chi connectivity index (χ0n) is 12.0. The van der Waals surface area contributed by atoms with Gasteiger partial charge in [0.25, 0.3) is 0 Å². The van der Waals surface area contributed by atoms with E-state index in [-0.39, 0.29) is 0 Å². The number of hydrogen-bond donors (Lipinski definition) is 2. The first-order valence-corrected chi connectivity index (χ1v) is 7.01. The molecule has 1 unspecified atom stereocenters. The highest BCUT2D eigenvalue weighted by Crippen LogP contribution is 2.26. The maximum absolute atomic E-state index is 5.68. The predicted molar refractivity (Wildman–Crippen MR) is 80.2 cm³/mol. The number of benzene rings is 1. The van der Waals surface area contributed by atoms with E-state index in [0.717, 1.165) is 17.8 Å². The first-order valence-electron chi connectivity index (χ1n) is 7.01. The van der Waals surface area contributed by atoms with Gasteiger partial charge in [-0.2, -0.15) is 5.10 Å². The minimum Gasteiger partial charge on any atom is -0.330 e. The molecule has 1 heterocycles. The molecule has 3 N–H and O–H groups in total. The van der Waals surface area contributed by atoms with Crippen LogP contribution in [0.4, 0.5) is 0 Å². The van der Waals surface area contributed by atoms with Crippen molar-refractivity contribution in [2.75, 3.05) is 6.54 Å². The topological polar surface area (TPSA) is 54.7 Å². The monoisotopic (exact) mass is 257 g/mol. The van der Waals surface area contributed by atoms with E-state index in [1.54, 1.807) is 0 Å². The van der Waals surface area contributed by atoms with Gasteiger partial charge in [-0.25, -0.2) is 0 Å². The summed E-state index contributed by atoms with van der Waals surface area (Å²) in [6, 6.07) is 8.74. The normalized spacial score (nSPS) is 12.6. The Labute approximate surface area is 115 Å². The van der Waals surface area contributed by atoms with Gasteiger partial charge in [0.1, 0.15) is 0 Å². The highest BCUT2D eigenvalue weighted by molar-refractivity contribution is 5.64. The predicted octanol–water partition coefficient (Wildman–Crippen LogP) is 3.40. The van der Waals surface area contributed by atoms with E-state index < -0.39 is 0 Å². The average Bonchev–Trinajstić information content (AvgIpc) is 2.80. The van der Waals surface area contributed by atoms with Gasteiger partial charge in [0, 0.05) is 16.8 Å². The van der Waals surface area contributed by atoms with Gasteiger partial charge < -0.3 is 5.73 Å². The zero-order valence-corrected chi connectivity index (χ0v) is 12.0. The lowest BCUT2D eigenvalue weighted by Gasteiger charge is -2.09. The van der Waals surface area contributed by atoms with Crippen molar-refractivity contribution < 1.29 is 0 Å². The maximum atomic E-state index is 5.68. The van der Waals surface area contributed by atoms with E-state index in [0.29, 0.717) is 12.5 Å². The standard InChI is InChI=1S/C16H23N3/c1-4-11(2)13-5-7-14(8-6-13)16-15(9-10-17)12(3)18-19-16/h5-8,11H,4,9-10,17H2,1-3H3,(H,18,19). The molecule has 0 saturated carbocycles. The number of aromatic amines is 1. The molecule has 0 spiro atoms. The average molecular weight is 257 g/mol. The van der Waals surface area contributed by atoms with Gasteiger partial charge in [-0.1, -0.05) is 38.1 Å². The summed E-state index contributed by atoms with van der Waals surface area (Å²) in [5.41, 5.74) is 11.6. The fraction of sp³-hybridized carbons (Fsp3) is 0.438. The van der Waals surface area contributed by atoms with Crippen LogP contribution in [0.15, 0.2) is 24.3 Å². The Hall–Kier alpha value is -1.61. The van der Waals surface area contributed by atoms with Crippen LogP contribution in [0.1, 0.15) is 43.0 Å². The number of nitrogens with zero attached hydrogens (tertiary/aromatic N) is 1. The smallest absolute Gasteiger partial charge is 0.0955 e. The third-order valence-electron chi connectivity index (χ3n) is 3.83. The third kappa shape index (κ3) is 2.87. The Morgan fingerprint density at radius 1 is 1.26 bits per heavy atom. The quantitative estimate of drug-likeness (QED) is 0.862. The zero-order chi connectivity index (χ0) is 13.8. The number of aryl methyl sites for hydroxylation is 1. The summed E-state index contributed by atoms with van der Waals surface area (Å²) in [5, 5.41) is 7.48. The van der Waals surface area contributed by atoms with Crippen molar-refractivity contribution >= 4 is 0 Å². The van der Waals surface area contributed by atoms with Crippen LogP contribution in [-0.2, 0) is 6.42 Å². The summed E-state index contributed by atoms with van der Waals surface area (Å²) < 4.78 is 0. The Morgan fingerprint density at radius 3 is 2.53 bits per heavy atom. The molecular formula is C16H23N3. The molecule has 1 atom stereocenters. The van der Waals surface area contributed by atoms with Crippen molar-refractivity contribution in [3.8, 4) is 11.3 Å². The number of hydrogen-bond acceptors (Lipinski definition) is 2. The van der Waals surface area contributed by atoms with Gasteiger partial charge in [0.2, 0.25) is 0 Å². The van der Waals surface area contributed by atoms with E-state index in [2.05, 4.69) is 55.2 Å². The molecule has 2 aromatic rings. The molecule has 19 heavy (non-hydrogen) atoms. The summed E-state index contributed by atoms with van der Waals surface area (Å²) in [5.74, 6) is 0.610. The van der Waals surface area contributed by atoms with Crippen molar-refractivity contribution in [3.05, 3.63) is 41.1 Å². The van der Waals surface area contributed by atoms with Crippen LogP contribution in [0.5, 0.6) is 0 Å². The molecule has 0 bridgehead atoms. The Kier molecular flexibility index (Phi) is 4.38. The molecule has 0 radical (unpaired) electrons. The van der Waals surface area contributed by atoms with Crippen molar-refractivity contribution in [2.45, 2.75) is 39.5 Å². The molecule has 1 aromatic heterocycles. The molecular weight excluding hydrogens is 234 g/mol. The van der Waals surface area contributed by atoms with Crippen LogP contribution in [0.2, 0.25) is 0 Å². The number of nitrogens with one attached hydrogen (secondary N) is 1. The molecule has 0 saturated heterocycles. The maximum Gasteiger partial charge on any atom is 0.0955 e. The minimum atomic E-state index is 0.610. The van der Waals surface area contributed by atoms with Gasteiger partial charge in [-0.15, -0.1) is 0 Å². The van der Waals surface area contributed by atoms with Crippen molar-refractivity contribution in [2.24, 2.45) is 5.73 Å². The van der Waals surface area contributed by atoms with Crippen LogP contribution in [0.3, 0.4) is 0 Å². The summed E-state index contributed by atoms with van der Waals surface area (Å²) in [4.78, 5) is 0. The second-order valence-electron chi connectivity index (χ2n) is 5.15. The highest BCUT2D eigenvalue weighted by Gasteiger charge is 2.12. The number of H-pyrrole nitrogens is 1. The first-order chi connectivity index (χ1) is 9.17. The number of aromatic nitrogens is 2. The molecule has 0 aliphatic carbocycles. The summed E-state index contributed by atoms with van der Waals surface area (Å²) >= 11 is 0. The van der Waals surface area contributed by atoms with Gasteiger partial charge in [0.15, 0.2) is 0 Å². The summed E-state index contributed by atoms with van der Waals surface area (Å²) in [6.07, 6.45) is 2.03. The molecule has 1 aromatic carbocycles. The van der Waals surface area contributed by atoms with Crippen molar-refractivity contribution in [1.82, 2.24) is 10.2 Å². The molecule has 0 aliphatic heterocycles. The van der Waals surface area contributed by atoms with Crippen LogP contribution < -0.4 is 5.73 Å². The molecule has 0 aliphatic rings. The summed E-state index contributed by atoms with van der Waals surface area (Å²) in [7, 11) is 0. The van der Waals surface area contributed by atoms with E-state index in [4.69, 9.17) is 5.73 Å². The Balaban J connectivity index is 2.32. The Bertz CT molecular complexity index is 525. The second kappa shape index (κ2) is 6.02. The SMILES string of the molecule is CCC(C)c1ccc(-c2n[nH]c(C)c2CCN)cc1. The lowest BCUT2D eigenvalue weighted by molar-refractivity contribution is 0.734. The van der Waals surface area contributed by atoms with Crippen LogP contribution in [-0.4, -0.2) is 16.7 Å².